The average Bonchev–Trinajstić information content (AvgIpc) is 2.77. The summed E-state index contributed by atoms with van der Waals surface area (Å²) in [6.45, 7) is 2.58. The van der Waals surface area contributed by atoms with Crippen molar-refractivity contribution in [3.05, 3.63) is 4.88 Å². The maximum Gasteiger partial charge on any atom is 0.180 e. The average molecular weight is 301 g/mol. The molecule has 1 aliphatic heterocycles. The Hall–Kier alpha value is -1.30. The van der Waals surface area contributed by atoms with Gasteiger partial charge in [0.1, 0.15) is 20.8 Å². The summed E-state index contributed by atoms with van der Waals surface area (Å²) >= 11 is 1.06. The third-order valence-electron chi connectivity index (χ3n) is 3.09. The molecule has 0 spiro atoms. The van der Waals surface area contributed by atoms with E-state index < -0.39 is 15.4 Å². The largest absolute Gasteiger partial charge is 0.396 e. The summed E-state index contributed by atoms with van der Waals surface area (Å²) < 4.78 is 23.7. The number of rotatable bonds is 2. The molecule has 104 valence electrons. The van der Waals surface area contributed by atoms with Crippen LogP contribution >= 0.6 is 11.3 Å². The maximum absolute atomic E-state index is 11.8. The van der Waals surface area contributed by atoms with Crippen LogP contribution in [-0.2, 0) is 9.84 Å². The summed E-state index contributed by atoms with van der Waals surface area (Å²) in [5, 5.41) is 19.4. The van der Waals surface area contributed by atoms with E-state index in [1.54, 1.807) is 11.8 Å². The molecule has 0 aromatic carbocycles. The molecule has 0 amide bonds. The van der Waals surface area contributed by atoms with Crippen LogP contribution in [0.2, 0.25) is 0 Å². The lowest BCUT2D eigenvalue weighted by Crippen LogP contribution is -2.29. The van der Waals surface area contributed by atoms with E-state index in [2.05, 4.69) is 0 Å². The van der Waals surface area contributed by atoms with Gasteiger partial charge in [0, 0.05) is 19.3 Å². The van der Waals surface area contributed by atoms with Gasteiger partial charge in [-0.25, -0.2) is 8.42 Å². The summed E-state index contributed by atoms with van der Waals surface area (Å²) in [5.41, 5.74) is 4.92. The molecule has 0 aliphatic carbocycles. The van der Waals surface area contributed by atoms with Crippen LogP contribution < -0.4 is 10.6 Å². The number of anilines is 2. The molecule has 6 nitrogen and oxygen atoms in total. The van der Waals surface area contributed by atoms with Crippen LogP contribution in [0.3, 0.4) is 0 Å². The molecule has 1 saturated heterocycles. The molecule has 1 unspecified atom stereocenters. The standard InChI is InChI=1S/C11H15N3O3S2/c1-11(15)3-4-14(6-11)10-9(19(2,16)17)8(13)7(5-12)18-10/h15H,3-4,6,13H2,1-2H3. The molecule has 2 rings (SSSR count). The SMILES string of the molecule is CC1(O)CCN(c2sc(C#N)c(N)c2S(C)(=O)=O)C1. The van der Waals surface area contributed by atoms with Crippen molar-refractivity contribution in [2.75, 3.05) is 30.0 Å². The molecule has 2 heterocycles. The Morgan fingerprint density at radius 2 is 2.21 bits per heavy atom. The minimum Gasteiger partial charge on any atom is -0.396 e. The lowest BCUT2D eigenvalue weighted by Gasteiger charge is -2.20. The third-order valence-corrected chi connectivity index (χ3v) is 5.55. The first-order valence-corrected chi connectivity index (χ1v) is 8.36. The van der Waals surface area contributed by atoms with Gasteiger partial charge in [0.15, 0.2) is 9.84 Å². The fraction of sp³-hybridized carbons (Fsp3) is 0.545. The van der Waals surface area contributed by atoms with Gasteiger partial charge in [-0.05, 0) is 13.3 Å². The second-order valence-corrected chi connectivity index (χ2v) is 7.98. The number of aliphatic hydroxyl groups is 1. The Balaban J connectivity index is 2.56. The Labute approximate surface area is 116 Å². The first-order valence-electron chi connectivity index (χ1n) is 5.65. The van der Waals surface area contributed by atoms with Gasteiger partial charge in [-0.3, -0.25) is 0 Å². The van der Waals surface area contributed by atoms with Crippen LogP contribution in [0, 0.1) is 11.3 Å². The van der Waals surface area contributed by atoms with Crippen molar-refractivity contribution < 1.29 is 13.5 Å². The minimum atomic E-state index is -3.52. The smallest absolute Gasteiger partial charge is 0.180 e. The lowest BCUT2D eigenvalue weighted by atomic mass is 10.1. The summed E-state index contributed by atoms with van der Waals surface area (Å²) in [6, 6.07) is 1.91. The van der Waals surface area contributed by atoms with Crippen molar-refractivity contribution in [2.24, 2.45) is 0 Å². The number of thiophene rings is 1. The zero-order valence-corrected chi connectivity index (χ0v) is 12.3. The summed E-state index contributed by atoms with van der Waals surface area (Å²) in [4.78, 5) is 1.98. The molecule has 1 aliphatic rings. The van der Waals surface area contributed by atoms with Crippen molar-refractivity contribution in [3.63, 3.8) is 0 Å². The molecular weight excluding hydrogens is 286 g/mol. The first kappa shape index (κ1) is 14.1. The Kier molecular flexibility index (Phi) is 3.24. The van der Waals surface area contributed by atoms with Gasteiger partial charge in [0.05, 0.1) is 11.3 Å². The second-order valence-electron chi connectivity index (χ2n) is 5.03. The van der Waals surface area contributed by atoms with Crippen molar-refractivity contribution in [1.29, 1.82) is 5.26 Å². The van der Waals surface area contributed by atoms with Gasteiger partial charge in [-0.15, -0.1) is 11.3 Å². The van der Waals surface area contributed by atoms with Gasteiger partial charge in [-0.1, -0.05) is 0 Å². The van der Waals surface area contributed by atoms with Crippen molar-refractivity contribution in [1.82, 2.24) is 0 Å². The number of hydrogen-bond acceptors (Lipinski definition) is 7. The fourth-order valence-corrected chi connectivity index (χ4v) is 4.71. The van der Waals surface area contributed by atoms with E-state index in [9.17, 15) is 13.5 Å². The van der Waals surface area contributed by atoms with Crippen LogP contribution in [0.1, 0.15) is 18.2 Å². The molecule has 8 heteroatoms. The van der Waals surface area contributed by atoms with Gasteiger partial charge in [0.25, 0.3) is 0 Å². The molecule has 1 fully saturated rings. The van der Waals surface area contributed by atoms with Crippen LogP contribution in [0.5, 0.6) is 0 Å². The van der Waals surface area contributed by atoms with Crippen LogP contribution in [0.4, 0.5) is 10.7 Å². The van der Waals surface area contributed by atoms with E-state index in [1.807, 2.05) is 6.07 Å². The van der Waals surface area contributed by atoms with Crippen LogP contribution in [-0.4, -0.2) is 38.5 Å². The normalized spacial score (nSPS) is 23.6. The van der Waals surface area contributed by atoms with Crippen molar-refractivity contribution >= 4 is 31.9 Å². The molecule has 1 aromatic rings. The fourth-order valence-electron chi connectivity index (χ4n) is 2.18. The predicted octanol–water partition coefficient (Wildman–Crippen LogP) is 0.567. The summed E-state index contributed by atoms with van der Waals surface area (Å²) in [6.07, 6.45) is 1.63. The second kappa shape index (κ2) is 4.37. The lowest BCUT2D eigenvalue weighted by molar-refractivity contribution is 0.0839. The zero-order valence-electron chi connectivity index (χ0n) is 10.7. The first-order chi connectivity index (χ1) is 8.65. The third kappa shape index (κ3) is 2.54. The Bertz CT molecular complexity index is 655. The monoisotopic (exact) mass is 301 g/mol. The number of nitrogens with two attached hydrogens (primary N) is 1. The Morgan fingerprint density at radius 1 is 1.58 bits per heavy atom. The van der Waals surface area contributed by atoms with E-state index in [0.29, 0.717) is 24.5 Å². The van der Waals surface area contributed by atoms with Crippen LogP contribution in [0.15, 0.2) is 4.90 Å². The molecule has 1 atom stereocenters. The zero-order chi connectivity index (χ0) is 14.4. The van der Waals surface area contributed by atoms with Gasteiger partial charge in [0.2, 0.25) is 0 Å². The highest BCUT2D eigenvalue weighted by Gasteiger charge is 2.36. The molecule has 19 heavy (non-hydrogen) atoms. The highest BCUT2D eigenvalue weighted by Crippen LogP contribution is 2.43. The number of nitriles is 1. The molecule has 3 N–H and O–H groups in total. The van der Waals surface area contributed by atoms with Gasteiger partial charge in [-0.2, -0.15) is 5.26 Å². The maximum atomic E-state index is 11.8. The number of β-amino-alcohol motifs (C(OH)–C–C–N with tert-alkyl or cyclic N) is 1. The quantitative estimate of drug-likeness (QED) is 0.826. The van der Waals surface area contributed by atoms with E-state index in [-0.39, 0.29) is 15.5 Å². The van der Waals surface area contributed by atoms with Gasteiger partial charge < -0.3 is 15.7 Å². The topological polar surface area (TPSA) is 107 Å². The van der Waals surface area contributed by atoms with Crippen molar-refractivity contribution in [2.45, 2.75) is 23.8 Å². The highest BCUT2D eigenvalue weighted by molar-refractivity contribution is 7.91. The Morgan fingerprint density at radius 3 is 2.63 bits per heavy atom. The summed E-state index contributed by atoms with van der Waals surface area (Å²) in [7, 11) is -3.52. The van der Waals surface area contributed by atoms with Gasteiger partial charge >= 0.3 is 0 Å². The molecular formula is C11H15N3O3S2. The molecule has 0 radical (unpaired) electrons. The molecule has 0 bridgehead atoms. The summed E-state index contributed by atoms with van der Waals surface area (Å²) in [5.74, 6) is 0. The van der Waals surface area contributed by atoms with E-state index in [4.69, 9.17) is 11.0 Å². The predicted molar refractivity (Wildman–Crippen MR) is 74.0 cm³/mol. The minimum absolute atomic E-state index is 0.00625. The molecule has 0 saturated carbocycles. The molecule has 1 aromatic heterocycles. The van der Waals surface area contributed by atoms with Crippen molar-refractivity contribution in [3.8, 4) is 6.07 Å². The number of sulfone groups is 1. The number of nitrogen functional groups attached to an aromatic ring is 1. The number of hydrogen-bond donors (Lipinski definition) is 2. The van der Waals surface area contributed by atoms with E-state index in [1.165, 1.54) is 0 Å². The van der Waals surface area contributed by atoms with E-state index in [0.717, 1.165) is 17.6 Å². The number of nitrogens with zero attached hydrogens (tertiary/aromatic N) is 2. The van der Waals surface area contributed by atoms with E-state index >= 15 is 0 Å². The van der Waals surface area contributed by atoms with Crippen LogP contribution in [0.25, 0.3) is 0 Å². The highest BCUT2D eigenvalue weighted by atomic mass is 32.2.